The van der Waals surface area contributed by atoms with Gasteiger partial charge in [0.25, 0.3) is 5.56 Å². The van der Waals surface area contributed by atoms with Gasteiger partial charge in [-0.3, -0.25) is 9.36 Å². The smallest absolute Gasteiger partial charge is 0.259 e. The van der Waals surface area contributed by atoms with Crippen LogP contribution in [0, 0.1) is 6.92 Å². The van der Waals surface area contributed by atoms with Crippen molar-refractivity contribution in [3.05, 3.63) is 86.6 Å². The zero-order valence-electron chi connectivity index (χ0n) is 15.2. The molecule has 2 aromatic heterocycles. The molecule has 3 nitrogen and oxygen atoms in total. The molecule has 0 fully saturated rings. The van der Waals surface area contributed by atoms with Crippen molar-refractivity contribution in [3.63, 3.8) is 0 Å². The number of aryl methyl sites for hydroxylation is 2. The number of nitrogens with one attached hydrogen (secondary N) is 1. The molecule has 26 heavy (non-hydrogen) atoms. The van der Waals surface area contributed by atoms with E-state index >= 15 is 0 Å². The summed E-state index contributed by atoms with van der Waals surface area (Å²) in [5, 5.41) is 4.49. The Bertz CT molecular complexity index is 887. The highest BCUT2D eigenvalue weighted by molar-refractivity contribution is 7.14. The molecule has 0 aliphatic rings. The molecule has 3 rings (SSSR count). The molecule has 0 saturated heterocycles. The van der Waals surface area contributed by atoms with Gasteiger partial charge in [0.2, 0.25) is 0 Å². The van der Waals surface area contributed by atoms with Crippen molar-refractivity contribution in [1.29, 1.82) is 0 Å². The minimum Gasteiger partial charge on any atom is -0.312 e. The highest BCUT2D eigenvalue weighted by atomic mass is 35.5. The Hall–Kier alpha value is -1.88. The van der Waals surface area contributed by atoms with Gasteiger partial charge in [-0.15, -0.1) is 23.7 Å². The fourth-order valence-electron chi connectivity index (χ4n) is 2.88. The lowest BCUT2D eigenvalue weighted by molar-refractivity contribution is 0.690. The van der Waals surface area contributed by atoms with Crippen molar-refractivity contribution in [1.82, 2.24) is 9.88 Å². The first kappa shape index (κ1) is 20.4. The van der Waals surface area contributed by atoms with Crippen LogP contribution in [0.4, 0.5) is 0 Å². The molecule has 0 aliphatic carbocycles. The van der Waals surface area contributed by atoms with E-state index in [1.807, 2.05) is 36.6 Å². The van der Waals surface area contributed by atoms with Crippen molar-refractivity contribution in [3.8, 4) is 5.00 Å². The Labute approximate surface area is 165 Å². The number of rotatable bonds is 7. The number of halogens is 1. The molecule has 0 bridgehead atoms. The highest BCUT2D eigenvalue weighted by Crippen LogP contribution is 2.21. The van der Waals surface area contributed by atoms with Crippen LogP contribution in [0.1, 0.15) is 28.6 Å². The minimum atomic E-state index is 0. The molecule has 0 atom stereocenters. The normalized spacial score (nSPS) is 10.5. The molecular formula is C21H25ClN2OS. The van der Waals surface area contributed by atoms with Crippen molar-refractivity contribution in [2.45, 2.75) is 33.2 Å². The van der Waals surface area contributed by atoms with Crippen molar-refractivity contribution in [2.75, 3.05) is 6.54 Å². The molecule has 1 N–H and O–H groups in total. The predicted molar refractivity (Wildman–Crippen MR) is 113 cm³/mol. The fraction of sp³-hybridized carbons (Fsp3) is 0.286. The Morgan fingerprint density at radius 1 is 1.04 bits per heavy atom. The van der Waals surface area contributed by atoms with E-state index < -0.39 is 0 Å². The quantitative estimate of drug-likeness (QED) is 0.603. The maximum absolute atomic E-state index is 12.6. The van der Waals surface area contributed by atoms with Gasteiger partial charge in [0, 0.05) is 29.2 Å². The number of thiophene rings is 1. The van der Waals surface area contributed by atoms with E-state index in [2.05, 4.69) is 41.7 Å². The summed E-state index contributed by atoms with van der Waals surface area (Å²) < 4.78 is 1.84. The summed E-state index contributed by atoms with van der Waals surface area (Å²) in [4.78, 5) is 13.9. The lowest BCUT2D eigenvalue weighted by Gasteiger charge is -2.09. The second-order valence-electron chi connectivity index (χ2n) is 6.15. The Morgan fingerprint density at radius 3 is 2.54 bits per heavy atom. The first-order valence-corrected chi connectivity index (χ1v) is 9.56. The van der Waals surface area contributed by atoms with E-state index in [9.17, 15) is 4.79 Å². The Balaban J connectivity index is 0.00000243. The van der Waals surface area contributed by atoms with Crippen LogP contribution in [0.15, 0.2) is 59.4 Å². The maximum atomic E-state index is 12.6. The van der Waals surface area contributed by atoms with Crippen LogP contribution in [0.3, 0.4) is 0 Å². The molecule has 138 valence electrons. The van der Waals surface area contributed by atoms with Gasteiger partial charge >= 0.3 is 0 Å². The van der Waals surface area contributed by atoms with Gasteiger partial charge < -0.3 is 5.32 Å². The molecule has 3 aromatic rings. The number of benzene rings is 1. The first-order valence-electron chi connectivity index (χ1n) is 8.74. The van der Waals surface area contributed by atoms with Crippen LogP contribution >= 0.6 is 23.7 Å². The predicted octanol–water partition coefficient (Wildman–Crippen LogP) is 4.52. The molecular weight excluding hydrogens is 364 g/mol. The molecule has 1 aromatic carbocycles. The van der Waals surface area contributed by atoms with Crippen LogP contribution in [-0.4, -0.2) is 11.1 Å². The average molecular weight is 389 g/mol. The summed E-state index contributed by atoms with van der Waals surface area (Å²) in [5.41, 5.74) is 3.26. The lowest BCUT2D eigenvalue weighted by atomic mass is 10.2. The first-order chi connectivity index (χ1) is 12.2. The molecule has 0 aliphatic heterocycles. The molecule has 0 unspecified atom stereocenters. The second kappa shape index (κ2) is 9.72. The summed E-state index contributed by atoms with van der Waals surface area (Å²) in [6, 6.07) is 18.6. The van der Waals surface area contributed by atoms with Gasteiger partial charge in [0.1, 0.15) is 5.00 Å². The van der Waals surface area contributed by atoms with Gasteiger partial charge in [-0.25, -0.2) is 0 Å². The van der Waals surface area contributed by atoms with Crippen molar-refractivity contribution >= 4 is 23.7 Å². The molecule has 0 radical (unpaired) electrons. The van der Waals surface area contributed by atoms with E-state index in [0.717, 1.165) is 42.2 Å². The van der Waals surface area contributed by atoms with E-state index in [1.165, 1.54) is 10.4 Å². The van der Waals surface area contributed by atoms with Crippen LogP contribution in [0.2, 0.25) is 0 Å². The van der Waals surface area contributed by atoms with E-state index in [4.69, 9.17) is 0 Å². The second-order valence-corrected chi connectivity index (χ2v) is 7.29. The summed E-state index contributed by atoms with van der Waals surface area (Å²) in [7, 11) is 0. The van der Waals surface area contributed by atoms with Crippen molar-refractivity contribution in [2.24, 2.45) is 0 Å². The Morgan fingerprint density at radius 2 is 1.81 bits per heavy atom. The third-order valence-electron chi connectivity index (χ3n) is 4.33. The zero-order chi connectivity index (χ0) is 17.6. The Kier molecular flexibility index (Phi) is 7.64. The molecule has 5 heteroatoms. The van der Waals surface area contributed by atoms with Crippen LogP contribution in [0.25, 0.3) is 5.00 Å². The van der Waals surface area contributed by atoms with E-state index in [0.29, 0.717) is 0 Å². The number of hydrogen-bond donors (Lipinski definition) is 1. The van der Waals surface area contributed by atoms with Gasteiger partial charge in [-0.05, 0) is 43.5 Å². The molecule has 2 heterocycles. The largest absolute Gasteiger partial charge is 0.312 e. The van der Waals surface area contributed by atoms with Crippen molar-refractivity contribution < 1.29 is 0 Å². The standard InChI is InChI=1S/C21H24N2OS.ClH/c1-3-18-10-9-16(2)23(21(18)24)20-12-11-19(25-20)13-14-22-15-17-7-5-4-6-8-17;/h4-12,22H,3,13-15H2,1-2H3;1H. The summed E-state index contributed by atoms with van der Waals surface area (Å²) in [5.74, 6) is 0. The number of nitrogens with zero attached hydrogens (tertiary/aromatic N) is 1. The van der Waals surface area contributed by atoms with Crippen LogP contribution < -0.4 is 10.9 Å². The number of aromatic nitrogens is 1. The van der Waals surface area contributed by atoms with Gasteiger partial charge in [-0.1, -0.05) is 43.3 Å². The summed E-state index contributed by atoms with van der Waals surface area (Å²) >= 11 is 1.70. The monoisotopic (exact) mass is 388 g/mol. The van der Waals surface area contributed by atoms with Gasteiger partial charge in [0.15, 0.2) is 0 Å². The highest BCUT2D eigenvalue weighted by Gasteiger charge is 2.09. The topological polar surface area (TPSA) is 34.0 Å². The molecule has 0 amide bonds. The van der Waals surface area contributed by atoms with Crippen LogP contribution in [0.5, 0.6) is 0 Å². The maximum Gasteiger partial charge on any atom is 0.259 e. The third-order valence-corrected chi connectivity index (χ3v) is 5.46. The lowest BCUT2D eigenvalue weighted by Crippen LogP contribution is -2.22. The minimum absolute atomic E-state index is 0. The van der Waals surface area contributed by atoms with E-state index in [1.54, 1.807) is 11.3 Å². The average Bonchev–Trinajstić information content (AvgIpc) is 3.08. The molecule has 0 spiro atoms. The summed E-state index contributed by atoms with van der Waals surface area (Å²) in [6.07, 6.45) is 1.74. The van der Waals surface area contributed by atoms with Crippen LogP contribution in [-0.2, 0) is 19.4 Å². The fourth-order valence-corrected chi connectivity index (χ4v) is 3.94. The SMILES string of the molecule is CCc1ccc(C)n(-c2ccc(CCNCc3ccccc3)s2)c1=O.Cl. The zero-order valence-corrected chi connectivity index (χ0v) is 16.8. The number of hydrogen-bond acceptors (Lipinski definition) is 3. The van der Waals surface area contributed by atoms with Gasteiger partial charge in [0.05, 0.1) is 0 Å². The molecule has 0 saturated carbocycles. The number of pyridine rings is 1. The summed E-state index contributed by atoms with van der Waals surface area (Å²) in [6.45, 7) is 5.82. The van der Waals surface area contributed by atoms with E-state index in [-0.39, 0.29) is 18.0 Å². The van der Waals surface area contributed by atoms with Gasteiger partial charge in [-0.2, -0.15) is 0 Å². The third kappa shape index (κ3) is 4.85.